The number of aryl methyl sites for hydroxylation is 1. The van der Waals surface area contributed by atoms with Crippen LogP contribution in [0.25, 0.3) is 0 Å². The fourth-order valence-electron chi connectivity index (χ4n) is 1.57. The second-order valence-corrected chi connectivity index (χ2v) is 3.91. The summed E-state index contributed by atoms with van der Waals surface area (Å²) >= 11 is 0. The van der Waals surface area contributed by atoms with E-state index in [9.17, 15) is 13.2 Å². The van der Waals surface area contributed by atoms with Crippen LogP contribution in [-0.4, -0.2) is 26.3 Å². The summed E-state index contributed by atoms with van der Waals surface area (Å²) in [4.78, 5) is 7.69. The molecule has 0 radical (unpaired) electrons. The van der Waals surface area contributed by atoms with Gasteiger partial charge in [-0.3, -0.25) is 4.68 Å². The van der Waals surface area contributed by atoms with E-state index in [1.165, 1.54) is 23.3 Å². The van der Waals surface area contributed by atoms with Crippen molar-refractivity contribution in [2.24, 2.45) is 7.05 Å². The maximum atomic E-state index is 12.7. The van der Waals surface area contributed by atoms with Gasteiger partial charge in [0.15, 0.2) is 5.82 Å². The largest absolute Gasteiger partial charge is 0.419 e. The molecule has 19 heavy (non-hydrogen) atoms. The SMILES string of the molecule is Cn1cnc(CCNc2ncccc2C(F)(F)F)n1. The van der Waals surface area contributed by atoms with Crippen molar-refractivity contribution in [3.63, 3.8) is 0 Å². The van der Waals surface area contributed by atoms with Crippen LogP contribution in [0.5, 0.6) is 0 Å². The van der Waals surface area contributed by atoms with Gasteiger partial charge in [-0.05, 0) is 12.1 Å². The predicted molar refractivity (Wildman–Crippen MR) is 62.4 cm³/mol. The number of pyridine rings is 1. The minimum absolute atomic E-state index is 0.175. The molecular weight excluding hydrogens is 259 g/mol. The first-order valence-electron chi connectivity index (χ1n) is 5.57. The zero-order chi connectivity index (χ0) is 13.9. The number of hydrogen-bond donors (Lipinski definition) is 1. The van der Waals surface area contributed by atoms with Gasteiger partial charge in [0, 0.05) is 26.2 Å². The van der Waals surface area contributed by atoms with Gasteiger partial charge >= 0.3 is 6.18 Å². The molecule has 0 aromatic carbocycles. The Morgan fingerprint density at radius 1 is 1.32 bits per heavy atom. The van der Waals surface area contributed by atoms with E-state index in [4.69, 9.17) is 0 Å². The lowest BCUT2D eigenvalue weighted by Gasteiger charge is -2.12. The summed E-state index contributed by atoms with van der Waals surface area (Å²) in [7, 11) is 1.73. The summed E-state index contributed by atoms with van der Waals surface area (Å²) in [6.07, 6.45) is -1.14. The van der Waals surface area contributed by atoms with Gasteiger partial charge < -0.3 is 5.32 Å². The molecule has 2 heterocycles. The third-order valence-corrected chi connectivity index (χ3v) is 2.40. The van der Waals surface area contributed by atoms with Gasteiger partial charge in [-0.25, -0.2) is 9.97 Å². The number of alkyl halides is 3. The van der Waals surface area contributed by atoms with E-state index in [1.807, 2.05) is 0 Å². The quantitative estimate of drug-likeness (QED) is 0.922. The number of aromatic nitrogens is 4. The van der Waals surface area contributed by atoms with Crippen molar-refractivity contribution in [1.82, 2.24) is 19.7 Å². The predicted octanol–water partition coefficient (Wildman–Crippen LogP) is 1.88. The highest BCUT2D eigenvalue weighted by Gasteiger charge is 2.33. The number of hydrogen-bond acceptors (Lipinski definition) is 4. The molecule has 2 rings (SSSR count). The molecule has 0 bridgehead atoms. The summed E-state index contributed by atoms with van der Waals surface area (Å²) in [5, 5.41) is 6.69. The standard InChI is InChI=1S/C11H12F3N5/c1-19-7-17-9(18-19)4-6-16-10-8(11(12,13)14)3-2-5-15-10/h2-3,5,7H,4,6H2,1H3,(H,15,16). The number of halogens is 3. The normalized spacial score (nSPS) is 11.6. The maximum absolute atomic E-state index is 12.7. The second-order valence-electron chi connectivity index (χ2n) is 3.91. The number of rotatable bonds is 4. The molecule has 102 valence electrons. The van der Waals surface area contributed by atoms with Gasteiger partial charge in [0.1, 0.15) is 12.1 Å². The van der Waals surface area contributed by atoms with Crippen LogP contribution < -0.4 is 5.32 Å². The van der Waals surface area contributed by atoms with E-state index < -0.39 is 11.7 Å². The van der Waals surface area contributed by atoms with Crippen molar-refractivity contribution in [3.8, 4) is 0 Å². The highest BCUT2D eigenvalue weighted by molar-refractivity contribution is 5.45. The molecule has 0 aliphatic carbocycles. The number of nitrogens with zero attached hydrogens (tertiary/aromatic N) is 4. The molecule has 0 saturated heterocycles. The molecule has 0 amide bonds. The van der Waals surface area contributed by atoms with Crippen LogP contribution in [0.4, 0.5) is 19.0 Å². The Labute approximate surface area is 107 Å². The molecule has 2 aromatic rings. The van der Waals surface area contributed by atoms with E-state index in [-0.39, 0.29) is 12.4 Å². The van der Waals surface area contributed by atoms with Crippen molar-refractivity contribution in [1.29, 1.82) is 0 Å². The molecule has 8 heteroatoms. The minimum atomic E-state index is -4.42. The minimum Gasteiger partial charge on any atom is -0.369 e. The molecule has 0 atom stereocenters. The first-order chi connectivity index (χ1) is 8.97. The fraction of sp³-hybridized carbons (Fsp3) is 0.364. The van der Waals surface area contributed by atoms with Gasteiger partial charge in [0.05, 0.1) is 5.56 Å². The molecule has 5 nitrogen and oxygen atoms in total. The van der Waals surface area contributed by atoms with E-state index in [0.29, 0.717) is 12.2 Å². The Morgan fingerprint density at radius 3 is 2.74 bits per heavy atom. The van der Waals surface area contributed by atoms with Crippen LogP contribution in [0, 0.1) is 0 Å². The van der Waals surface area contributed by atoms with Crippen LogP contribution in [0.3, 0.4) is 0 Å². The van der Waals surface area contributed by atoms with Crippen molar-refractivity contribution < 1.29 is 13.2 Å². The summed E-state index contributed by atoms with van der Waals surface area (Å²) in [5.74, 6) is 0.394. The van der Waals surface area contributed by atoms with Crippen molar-refractivity contribution in [2.75, 3.05) is 11.9 Å². The third kappa shape index (κ3) is 3.43. The van der Waals surface area contributed by atoms with Gasteiger partial charge in [0.25, 0.3) is 0 Å². The summed E-state index contributed by atoms with van der Waals surface area (Å²) in [6.45, 7) is 0.282. The molecule has 0 saturated carbocycles. The number of anilines is 1. The van der Waals surface area contributed by atoms with Gasteiger partial charge in [0.2, 0.25) is 0 Å². The zero-order valence-corrected chi connectivity index (χ0v) is 10.1. The summed E-state index contributed by atoms with van der Waals surface area (Å²) in [5.41, 5.74) is -0.774. The molecule has 1 N–H and O–H groups in total. The molecule has 0 aliphatic heterocycles. The van der Waals surface area contributed by atoms with Gasteiger partial charge in [-0.2, -0.15) is 18.3 Å². The maximum Gasteiger partial charge on any atom is 0.419 e. The van der Waals surface area contributed by atoms with Crippen LogP contribution in [0.15, 0.2) is 24.7 Å². The van der Waals surface area contributed by atoms with Crippen LogP contribution >= 0.6 is 0 Å². The number of nitrogens with one attached hydrogen (secondary N) is 1. The molecule has 0 aliphatic rings. The smallest absolute Gasteiger partial charge is 0.369 e. The topological polar surface area (TPSA) is 55.6 Å². The highest BCUT2D eigenvalue weighted by atomic mass is 19.4. The average Bonchev–Trinajstić information content (AvgIpc) is 2.74. The van der Waals surface area contributed by atoms with Crippen LogP contribution in [-0.2, 0) is 19.6 Å². The Bertz CT molecular complexity index is 549. The van der Waals surface area contributed by atoms with E-state index in [1.54, 1.807) is 7.05 Å². The molecule has 0 spiro atoms. The van der Waals surface area contributed by atoms with E-state index >= 15 is 0 Å². The van der Waals surface area contributed by atoms with Gasteiger partial charge in [-0.1, -0.05) is 0 Å². The molecular formula is C11H12F3N5. The molecule has 2 aromatic heterocycles. The lowest BCUT2D eigenvalue weighted by Crippen LogP contribution is -2.14. The Hall–Kier alpha value is -2.12. The first-order valence-corrected chi connectivity index (χ1v) is 5.57. The van der Waals surface area contributed by atoms with Crippen molar-refractivity contribution in [2.45, 2.75) is 12.6 Å². The Kier molecular flexibility index (Phi) is 3.68. The molecule has 0 unspecified atom stereocenters. The van der Waals surface area contributed by atoms with Gasteiger partial charge in [-0.15, -0.1) is 0 Å². The summed E-state index contributed by atoms with van der Waals surface area (Å²) < 4.78 is 39.6. The average molecular weight is 271 g/mol. The van der Waals surface area contributed by atoms with Crippen LogP contribution in [0.1, 0.15) is 11.4 Å². The van der Waals surface area contributed by atoms with Crippen molar-refractivity contribution in [3.05, 3.63) is 36.0 Å². The van der Waals surface area contributed by atoms with E-state index in [0.717, 1.165) is 6.07 Å². The Morgan fingerprint density at radius 2 is 2.11 bits per heavy atom. The highest BCUT2D eigenvalue weighted by Crippen LogP contribution is 2.33. The third-order valence-electron chi connectivity index (χ3n) is 2.40. The Balaban J connectivity index is 2.00. The lowest BCUT2D eigenvalue weighted by atomic mass is 10.2. The first kappa shape index (κ1) is 13.3. The van der Waals surface area contributed by atoms with E-state index in [2.05, 4.69) is 20.4 Å². The van der Waals surface area contributed by atoms with Crippen molar-refractivity contribution >= 4 is 5.82 Å². The fourth-order valence-corrected chi connectivity index (χ4v) is 1.57. The second kappa shape index (κ2) is 5.25. The molecule has 0 fully saturated rings. The van der Waals surface area contributed by atoms with Crippen LogP contribution in [0.2, 0.25) is 0 Å². The monoisotopic (exact) mass is 271 g/mol. The summed E-state index contributed by atoms with van der Waals surface area (Å²) in [6, 6.07) is 2.25. The zero-order valence-electron chi connectivity index (χ0n) is 10.1. The lowest BCUT2D eigenvalue weighted by molar-refractivity contribution is -0.137.